The molecule has 2 nitrogen and oxygen atoms in total. The number of hydrogen-bond donors (Lipinski definition) is 0. The lowest BCUT2D eigenvalue weighted by atomic mass is 10.2. The van der Waals surface area contributed by atoms with Crippen LogP contribution in [0.2, 0.25) is 0 Å². The van der Waals surface area contributed by atoms with Crippen molar-refractivity contribution in [3.63, 3.8) is 0 Å². The Morgan fingerprint density at radius 3 is 2.75 bits per heavy atom. The summed E-state index contributed by atoms with van der Waals surface area (Å²) >= 11 is -0.127. The summed E-state index contributed by atoms with van der Waals surface area (Å²) < 4.78 is 40.4. The van der Waals surface area contributed by atoms with Gasteiger partial charge >= 0.3 is 5.51 Å². The summed E-state index contributed by atoms with van der Waals surface area (Å²) in [5.41, 5.74) is -3.81. The van der Waals surface area contributed by atoms with Gasteiger partial charge in [-0.25, -0.2) is 0 Å². The van der Waals surface area contributed by atoms with Crippen molar-refractivity contribution in [1.82, 2.24) is 0 Å². The number of benzene rings is 1. The molecule has 16 heavy (non-hydrogen) atoms. The highest BCUT2D eigenvalue weighted by molar-refractivity contribution is 8.00. The van der Waals surface area contributed by atoms with E-state index in [1.807, 2.05) is 6.07 Å². The van der Waals surface area contributed by atoms with Crippen molar-refractivity contribution in [3.05, 3.63) is 29.8 Å². The maximum atomic E-state index is 11.8. The van der Waals surface area contributed by atoms with Gasteiger partial charge in [-0.05, 0) is 30.0 Å². The molecule has 0 radical (unpaired) electrons. The molecule has 0 atom stereocenters. The van der Waals surface area contributed by atoms with E-state index in [1.54, 1.807) is 18.2 Å². The molecule has 0 heterocycles. The summed E-state index contributed by atoms with van der Waals surface area (Å²) in [5, 5.41) is 8.58. The highest BCUT2D eigenvalue weighted by Crippen LogP contribution is 2.29. The minimum absolute atomic E-state index is 0.0426. The quantitative estimate of drug-likeness (QED) is 0.766. The minimum Gasteiger partial charge on any atom is -0.493 e. The van der Waals surface area contributed by atoms with Crippen LogP contribution >= 0.6 is 11.8 Å². The van der Waals surface area contributed by atoms with E-state index >= 15 is 0 Å². The molecule has 1 aromatic carbocycles. The van der Waals surface area contributed by atoms with Crippen molar-refractivity contribution in [1.29, 1.82) is 5.26 Å². The number of nitrogens with zero attached hydrogens (tertiary/aromatic N) is 1. The average molecular weight is 247 g/mol. The SMILES string of the molecule is N#Cc1cccc(OCCSC(F)(F)F)c1. The number of alkyl halides is 3. The molecule has 0 bridgehead atoms. The van der Waals surface area contributed by atoms with Crippen LogP contribution < -0.4 is 4.74 Å². The fourth-order valence-corrected chi connectivity index (χ4v) is 1.37. The van der Waals surface area contributed by atoms with Crippen molar-refractivity contribution in [2.75, 3.05) is 12.4 Å². The van der Waals surface area contributed by atoms with Crippen molar-refractivity contribution in [2.24, 2.45) is 0 Å². The molecular formula is C10H8F3NOS. The largest absolute Gasteiger partial charge is 0.493 e. The van der Waals surface area contributed by atoms with Crippen molar-refractivity contribution >= 4 is 11.8 Å². The van der Waals surface area contributed by atoms with Crippen LogP contribution in [0.25, 0.3) is 0 Å². The fraction of sp³-hybridized carbons (Fsp3) is 0.300. The molecule has 0 unspecified atom stereocenters. The van der Waals surface area contributed by atoms with E-state index in [1.165, 1.54) is 6.07 Å². The summed E-state index contributed by atoms with van der Waals surface area (Å²) in [6.07, 6.45) is 0. The molecule has 0 saturated carbocycles. The van der Waals surface area contributed by atoms with Gasteiger partial charge in [-0.2, -0.15) is 18.4 Å². The minimum atomic E-state index is -4.22. The molecule has 0 fully saturated rings. The van der Waals surface area contributed by atoms with Crippen LogP contribution in [0.5, 0.6) is 5.75 Å². The zero-order valence-electron chi connectivity index (χ0n) is 8.12. The second-order valence-electron chi connectivity index (χ2n) is 2.78. The monoisotopic (exact) mass is 247 g/mol. The Morgan fingerprint density at radius 1 is 1.38 bits per heavy atom. The predicted molar refractivity (Wildman–Crippen MR) is 55.2 cm³/mol. The van der Waals surface area contributed by atoms with Gasteiger partial charge in [0.2, 0.25) is 0 Å². The van der Waals surface area contributed by atoms with E-state index < -0.39 is 5.51 Å². The van der Waals surface area contributed by atoms with Crippen LogP contribution in [-0.4, -0.2) is 17.9 Å². The smallest absolute Gasteiger partial charge is 0.441 e. The van der Waals surface area contributed by atoms with E-state index in [2.05, 4.69) is 0 Å². The first-order valence-electron chi connectivity index (χ1n) is 4.35. The molecule has 0 N–H and O–H groups in total. The number of halogens is 3. The van der Waals surface area contributed by atoms with Gasteiger partial charge in [0.25, 0.3) is 0 Å². The van der Waals surface area contributed by atoms with Crippen LogP contribution in [-0.2, 0) is 0 Å². The zero-order valence-corrected chi connectivity index (χ0v) is 8.94. The first-order chi connectivity index (χ1) is 7.51. The molecule has 0 spiro atoms. The molecule has 0 amide bonds. The number of ether oxygens (including phenoxy) is 1. The average Bonchev–Trinajstić information content (AvgIpc) is 2.23. The van der Waals surface area contributed by atoms with Crippen LogP contribution in [0.4, 0.5) is 13.2 Å². The van der Waals surface area contributed by atoms with Gasteiger partial charge in [0.15, 0.2) is 0 Å². The molecule has 0 aliphatic carbocycles. The normalized spacial score (nSPS) is 10.9. The van der Waals surface area contributed by atoms with Crippen LogP contribution in [0.15, 0.2) is 24.3 Å². The topological polar surface area (TPSA) is 33.0 Å². The summed E-state index contributed by atoms with van der Waals surface area (Å²) in [5.74, 6) is 0.238. The lowest BCUT2D eigenvalue weighted by Gasteiger charge is -2.07. The maximum Gasteiger partial charge on any atom is 0.441 e. The number of thioether (sulfide) groups is 1. The van der Waals surface area contributed by atoms with Gasteiger partial charge in [0.05, 0.1) is 18.2 Å². The molecule has 0 saturated heterocycles. The molecule has 0 aromatic heterocycles. The second-order valence-corrected chi connectivity index (χ2v) is 3.94. The molecule has 6 heteroatoms. The Kier molecular flexibility index (Phi) is 4.50. The van der Waals surface area contributed by atoms with Crippen LogP contribution in [0.3, 0.4) is 0 Å². The highest BCUT2D eigenvalue weighted by Gasteiger charge is 2.27. The van der Waals surface area contributed by atoms with E-state index in [0.717, 1.165) is 0 Å². The molecular weight excluding hydrogens is 239 g/mol. The Hall–Kier alpha value is -1.35. The summed E-state index contributed by atoms with van der Waals surface area (Å²) in [6, 6.07) is 8.21. The Bertz CT molecular complexity index is 386. The van der Waals surface area contributed by atoms with Gasteiger partial charge < -0.3 is 4.74 Å². The van der Waals surface area contributed by atoms with Crippen LogP contribution in [0, 0.1) is 11.3 Å². The van der Waals surface area contributed by atoms with Gasteiger partial charge in [-0.1, -0.05) is 6.07 Å². The Balaban J connectivity index is 2.35. The Morgan fingerprint density at radius 2 is 2.12 bits per heavy atom. The van der Waals surface area contributed by atoms with Gasteiger partial charge in [-0.3, -0.25) is 0 Å². The van der Waals surface area contributed by atoms with Crippen molar-refractivity contribution < 1.29 is 17.9 Å². The lowest BCUT2D eigenvalue weighted by molar-refractivity contribution is -0.0329. The Labute approximate surface area is 95.0 Å². The number of nitriles is 1. The van der Waals surface area contributed by atoms with Gasteiger partial charge in [-0.15, -0.1) is 0 Å². The molecule has 86 valence electrons. The van der Waals surface area contributed by atoms with Crippen LogP contribution in [0.1, 0.15) is 5.56 Å². The lowest BCUT2D eigenvalue weighted by Crippen LogP contribution is -2.07. The standard InChI is InChI=1S/C10H8F3NOS/c11-10(12,13)16-5-4-15-9-3-1-2-8(6-9)7-14/h1-3,6H,4-5H2. The molecule has 0 aliphatic rings. The van der Waals surface area contributed by atoms with E-state index in [9.17, 15) is 13.2 Å². The first-order valence-corrected chi connectivity index (χ1v) is 5.33. The molecule has 1 rings (SSSR count). The third-order valence-electron chi connectivity index (χ3n) is 1.58. The van der Waals surface area contributed by atoms with E-state index in [4.69, 9.17) is 10.00 Å². The maximum absolute atomic E-state index is 11.8. The zero-order chi connectivity index (χ0) is 12.0. The molecule has 1 aromatic rings. The van der Waals surface area contributed by atoms with Crippen molar-refractivity contribution in [2.45, 2.75) is 5.51 Å². The van der Waals surface area contributed by atoms with E-state index in [0.29, 0.717) is 11.3 Å². The highest BCUT2D eigenvalue weighted by atomic mass is 32.2. The predicted octanol–water partition coefficient (Wildman–Crippen LogP) is 3.19. The van der Waals surface area contributed by atoms with Crippen molar-refractivity contribution in [3.8, 4) is 11.8 Å². The van der Waals surface area contributed by atoms with Gasteiger partial charge in [0, 0.05) is 5.75 Å². The third-order valence-corrected chi connectivity index (χ3v) is 2.28. The summed E-state index contributed by atoms with van der Waals surface area (Å²) in [7, 11) is 0. The number of hydrogen-bond acceptors (Lipinski definition) is 3. The fourth-order valence-electron chi connectivity index (χ4n) is 0.972. The third kappa shape index (κ3) is 4.94. The molecule has 0 aliphatic heterocycles. The summed E-state index contributed by atoms with van der Waals surface area (Å²) in [4.78, 5) is 0. The second kappa shape index (κ2) is 5.66. The number of rotatable bonds is 4. The first kappa shape index (κ1) is 12.7. The summed E-state index contributed by atoms with van der Waals surface area (Å²) in [6.45, 7) is -0.0426. The van der Waals surface area contributed by atoms with Gasteiger partial charge in [0.1, 0.15) is 5.75 Å². The van der Waals surface area contributed by atoms with E-state index in [-0.39, 0.29) is 24.1 Å².